The third-order valence-electron chi connectivity index (χ3n) is 4.00. The van der Waals surface area contributed by atoms with Crippen molar-refractivity contribution in [1.82, 2.24) is 0 Å². The molecule has 134 valence electrons. The van der Waals surface area contributed by atoms with Crippen molar-refractivity contribution in [2.24, 2.45) is 0 Å². The second-order valence-corrected chi connectivity index (χ2v) is 16.9. The Bertz CT molecular complexity index is 161. The summed E-state index contributed by atoms with van der Waals surface area (Å²) in [5.74, 6) is 0. The molecule has 0 saturated carbocycles. The Labute approximate surface area is 153 Å². The van der Waals surface area contributed by atoms with Gasteiger partial charge in [-0.15, -0.1) is 0 Å². The second-order valence-electron chi connectivity index (χ2n) is 7.93. The Balaban J connectivity index is -0.000000295. The van der Waals surface area contributed by atoms with Crippen molar-refractivity contribution in [3.05, 3.63) is 0 Å². The van der Waals surface area contributed by atoms with Gasteiger partial charge in [-0.25, -0.2) is 0 Å². The zero-order valence-electron chi connectivity index (χ0n) is 16.8. The molecular formula is C18H44P2Pd+2. The van der Waals surface area contributed by atoms with Gasteiger partial charge < -0.3 is 0 Å². The van der Waals surface area contributed by atoms with Crippen molar-refractivity contribution in [2.75, 3.05) is 0 Å². The van der Waals surface area contributed by atoms with E-state index in [1.165, 1.54) is 0 Å². The van der Waals surface area contributed by atoms with Crippen LogP contribution in [0.15, 0.2) is 0 Å². The van der Waals surface area contributed by atoms with E-state index >= 15 is 0 Å². The molecule has 0 aromatic carbocycles. The molecular weight excluding hydrogens is 385 g/mol. The van der Waals surface area contributed by atoms with Crippen LogP contribution in [0.4, 0.5) is 0 Å². The Kier molecular flexibility index (Phi) is 18.1. The normalized spacial score (nSPS) is 12.0. The van der Waals surface area contributed by atoms with Crippen LogP contribution in [0.1, 0.15) is 83.1 Å². The summed E-state index contributed by atoms with van der Waals surface area (Å²) in [6.45, 7) is 28.4. The first kappa shape index (κ1) is 27.4. The van der Waals surface area contributed by atoms with Crippen LogP contribution < -0.4 is 0 Å². The zero-order chi connectivity index (χ0) is 16.6. The molecule has 0 atom stereocenters. The molecule has 0 heterocycles. The van der Waals surface area contributed by atoms with Crippen LogP contribution in [0.3, 0.4) is 0 Å². The van der Waals surface area contributed by atoms with Crippen LogP contribution in [0.2, 0.25) is 0 Å². The average Bonchev–Trinajstić information content (AvgIpc) is 2.12. The minimum atomic E-state index is -0.0957. The summed E-state index contributed by atoms with van der Waals surface area (Å²) in [5.41, 5.74) is 5.61. The van der Waals surface area contributed by atoms with Gasteiger partial charge in [0, 0.05) is 36.3 Å². The van der Waals surface area contributed by atoms with E-state index in [-0.39, 0.29) is 36.3 Å². The molecule has 0 aromatic heterocycles. The van der Waals surface area contributed by atoms with E-state index in [1.54, 1.807) is 0 Å². The Hall–Kier alpha value is 1.52. The van der Waals surface area contributed by atoms with Crippen molar-refractivity contribution >= 4 is 15.8 Å². The smallest absolute Gasteiger partial charge is 0.0287 e. The summed E-state index contributed by atoms with van der Waals surface area (Å²) in [6, 6.07) is 0. The molecule has 0 aromatic rings. The fraction of sp³-hybridized carbons (Fsp3) is 1.00. The van der Waals surface area contributed by atoms with Gasteiger partial charge in [-0.05, 0) is 83.1 Å². The number of rotatable bonds is 6. The molecule has 3 heteroatoms. The van der Waals surface area contributed by atoms with Crippen LogP contribution in [0, 0.1) is 0 Å². The molecule has 0 aliphatic carbocycles. The van der Waals surface area contributed by atoms with E-state index in [0.29, 0.717) is 0 Å². The number of hydrogen-bond acceptors (Lipinski definition) is 0. The second kappa shape index (κ2) is 13.9. The largest absolute Gasteiger partial charge is 0.0624 e. The molecule has 0 amide bonds. The first-order valence-electron chi connectivity index (χ1n) is 8.66. The molecule has 0 unspecified atom stereocenters. The summed E-state index contributed by atoms with van der Waals surface area (Å²) >= 11 is 0. The first-order chi connectivity index (χ1) is 8.93. The van der Waals surface area contributed by atoms with Crippen molar-refractivity contribution in [1.29, 1.82) is 0 Å². The van der Waals surface area contributed by atoms with E-state index in [2.05, 4.69) is 83.1 Å². The fourth-order valence-electron chi connectivity index (χ4n) is 4.00. The monoisotopic (exact) mass is 428 g/mol. The maximum Gasteiger partial charge on any atom is 0.0624 e. The minimum Gasteiger partial charge on any atom is -0.0287 e. The van der Waals surface area contributed by atoms with Crippen molar-refractivity contribution < 1.29 is 20.4 Å². The van der Waals surface area contributed by atoms with Gasteiger partial charge in [-0.1, -0.05) is 0 Å². The van der Waals surface area contributed by atoms with Crippen LogP contribution in [0.5, 0.6) is 0 Å². The first-order valence-corrected chi connectivity index (χ1v) is 12.1. The standard InChI is InChI=1S/2C9H21P.Pd/c2*1-7(2)10(8(3)4)9(5)6;/h2*7-9H,1-6H3;/p+2. The molecule has 0 saturated heterocycles. The predicted octanol–water partition coefficient (Wildman–Crippen LogP) is 6.85. The molecule has 0 N–H and O–H groups in total. The van der Waals surface area contributed by atoms with Crippen molar-refractivity contribution in [2.45, 2.75) is 117 Å². The summed E-state index contributed by atoms with van der Waals surface area (Å²) < 4.78 is 0. The van der Waals surface area contributed by atoms with Gasteiger partial charge in [0.05, 0.1) is 34.0 Å². The maximum absolute atomic E-state index is 2.37. The van der Waals surface area contributed by atoms with Crippen LogP contribution >= 0.6 is 15.8 Å². The van der Waals surface area contributed by atoms with E-state index in [1.807, 2.05) is 0 Å². The van der Waals surface area contributed by atoms with Crippen LogP contribution in [-0.2, 0) is 20.4 Å². The van der Waals surface area contributed by atoms with Gasteiger partial charge in [0.2, 0.25) is 0 Å². The number of hydrogen-bond donors (Lipinski definition) is 0. The van der Waals surface area contributed by atoms with E-state index in [0.717, 1.165) is 34.0 Å². The molecule has 0 fully saturated rings. The van der Waals surface area contributed by atoms with Gasteiger partial charge >= 0.3 is 0 Å². The van der Waals surface area contributed by atoms with Gasteiger partial charge in [0.1, 0.15) is 0 Å². The third-order valence-corrected chi connectivity index (χ3v) is 12.0. The topological polar surface area (TPSA) is 0 Å². The quantitative estimate of drug-likeness (QED) is 0.320. The van der Waals surface area contributed by atoms with Crippen LogP contribution in [-0.4, -0.2) is 34.0 Å². The Morgan fingerprint density at radius 3 is 0.429 bits per heavy atom. The summed E-state index contributed by atoms with van der Waals surface area (Å²) in [7, 11) is -0.191. The minimum absolute atomic E-state index is 0. The van der Waals surface area contributed by atoms with Crippen LogP contribution in [0.25, 0.3) is 0 Å². The molecule has 0 rings (SSSR count). The van der Waals surface area contributed by atoms with E-state index < -0.39 is 0 Å². The molecule has 0 radical (unpaired) electrons. The van der Waals surface area contributed by atoms with Crippen molar-refractivity contribution in [3.63, 3.8) is 0 Å². The third kappa shape index (κ3) is 12.6. The maximum atomic E-state index is 2.37. The summed E-state index contributed by atoms with van der Waals surface area (Å²) in [5, 5.41) is 0. The Morgan fingerprint density at radius 1 is 0.333 bits per heavy atom. The fourth-order valence-corrected chi connectivity index (χ4v) is 12.0. The van der Waals surface area contributed by atoms with E-state index in [4.69, 9.17) is 0 Å². The molecule has 0 nitrogen and oxygen atoms in total. The van der Waals surface area contributed by atoms with E-state index in [9.17, 15) is 0 Å². The Morgan fingerprint density at radius 2 is 0.429 bits per heavy atom. The molecule has 21 heavy (non-hydrogen) atoms. The van der Waals surface area contributed by atoms with Gasteiger partial charge in [-0.2, -0.15) is 0 Å². The predicted molar refractivity (Wildman–Crippen MR) is 107 cm³/mol. The summed E-state index contributed by atoms with van der Waals surface area (Å²) in [4.78, 5) is 0. The average molecular weight is 429 g/mol. The molecule has 0 bridgehead atoms. The summed E-state index contributed by atoms with van der Waals surface area (Å²) in [6.07, 6.45) is 0. The van der Waals surface area contributed by atoms with Gasteiger partial charge in [-0.3, -0.25) is 0 Å². The SMILES string of the molecule is CC(C)[PH+](C(C)C)C(C)C.CC(C)[PH+](C(C)C)C(C)C.[Pd]. The molecule has 0 aliphatic heterocycles. The molecule has 0 spiro atoms. The van der Waals surface area contributed by atoms with Gasteiger partial charge in [0.15, 0.2) is 0 Å². The molecule has 0 aliphatic rings. The zero-order valence-corrected chi connectivity index (χ0v) is 20.3. The van der Waals surface area contributed by atoms with Gasteiger partial charge in [0.25, 0.3) is 0 Å². The van der Waals surface area contributed by atoms with Crippen molar-refractivity contribution in [3.8, 4) is 0 Å².